The minimum atomic E-state index is 0.496. The van der Waals surface area contributed by atoms with E-state index in [1.165, 1.54) is 58.3 Å². The Labute approximate surface area is 238 Å². The number of hydrogen-bond donors (Lipinski definition) is 0. The maximum atomic E-state index is 5.37. The zero-order chi connectivity index (χ0) is 28.9. The first-order chi connectivity index (χ1) is 19.0. The summed E-state index contributed by atoms with van der Waals surface area (Å²) in [4.78, 5) is 5.37. The molecule has 0 N–H and O–H groups in total. The van der Waals surface area contributed by atoms with Gasteiger partial charge in [-0.05, 0) is 104 Å². The van der Waals surface area contributed by atoms with E-state index < -0.39 is 0 Å². The summed E-state index contributed by atoms with van der Waals surface area (Å²) in [5.74, 6) is 3.08. The molecule has 1 heterocycles. The molecule has 2 nitrogen and oxygen atoms in total. The van der Waals surface area contributed by atoms with Crippen LogP contribution in [-0.4, -0.2) is 9.55 Å². The third-order valence-corrected chi connectivity index (χ3v) is 8.38. The molecule has 2 bridgehead atoms. The molecule has 2 aliphatic carbocycles. The first-order valence-corrected chi connectivity index (χ1v) is 15.2. The summed E-state index contributed by atoms with van der Waals surface area (Å²) >= 11 is 0. The van der Waals surface area contributed by atoms with Crippen molar-refractivity contribution in [3.63, 3.8) is 0 Å². The first-order valence-electron chi connectivity index (χ1n) is 15.2. The van der Waals surface area contributed by atoms with Crippen LogP contribution in [0.5, 0.6) is 0 Å². The Kier molecular flexibility index (Phi) is 10.4. The van der Waals surface area contributed by atoms with E-state index in [0.717, 1.165) is 29.6 Å². The summed E-state index contributed by atoms with van der Waals surface area (Å²) in [6.45, 7) is 25.3. The molecule has 0 saturated heterocycles. The van der Waals surface area contributed by atoms with Crippen LogP contribution in [0.15, 0.2) is 61.7 Å². The molecule has 2 aliphatic rings. The number of nitrogens with zero attached hydrogens (tertiary/aromatic N) is 2. The molecule has 1 fully saturated rings. The highest BCUT2D eigenvalue weighted by Crippen LogP contribution is 2.54. The van der Waals surface area contributed by atoms with Gasteiger partial charge in [0, 0.05) is 5.56 Å². The van der Waals surface area contributed by atoms with E-state index in [0.29, 0.717) is 5.92 Å². The average Bonchev–Trinajstić information content (AvgIpc) is 3.68. The molecular weight excluding hydrogens is 472 g/mol. The number of aryl methyl sites for hydroxylation is 3. The Bertz CT molecular complexity index is 1380. The van der Waals surface area contributed by atoms with Crippen LogP contribution >= 0.6 is 0 Å². The molecule has 0 radical (unpaired) electrons. The lowest BCUT2D eigenvalue weighted by Crippen LogP contribution is -2.06. The van der Waals surface area contributed by atoms with Gasteiger partial charge in [0.25, 0.3) is 0 Å². The second kappa shape index (κ2) is 13.3. The van der Waals surface area contributed by atoms with E-state index in [1.807, 2.05) is 27.7 Å². The standard InChI is InChI=1S/C31H34N2.2C2H6.C2H4/c1-6-19(3)24-9-7-8-10-25(24)31-32-28-16-26-22-11-12-23(15-22)27(26)17-29(28)33(31)30-20(4)13-18(2)14-21(30)5;3*1-2/h7-10,13-14,16-17,19,22-23H,6,11-12,15H2,1-5H3;2*1-2H3;1-2H2. The van der Waals surface area contributed by atoms with Crippen LogP contribution in [0.1, 0.15) is 118 Å². The van der Waals surface area contributed by atoms with Crippen molar-refractivity contribution in [3.05, 3.63) is 95.1 Å². The number of imidazole rings is 1. The minimum Gasteiger partial charge on any atom is -0.292 e. The van der Waals surface area contributed by atoms with E-state index in [-0.39, 0.29) is 0 Å². The Morgan fingerprint density at radius 3 is 2.03 bits per heavy atom. The van der Waals surface area contributed by atoms with Gasteiger partial charge in [-0.1, -0.05) is 83.5 Å². The highest BCUT2D eigenvalue weighted by Gasteiger charge is 2.37. The van der Waals surface area contributed by atoms with Crippen molar-refractivity contribution < 1.29 is 0 Å². The van der Waals surface area contributed by atoms with E-state index in [9.17, 15) is 0 Å². The van der Waals surface area contributed by atoms with Crippen molar-refractivity contribution in [1.82, 2.24) is 9.55 Å². The second-order valence-corrected chi connectivity index (χ2v) is 10.6. The number of rotatable bonds is 4. The summed E-state index contributed by atoms with van der Waals surface area (Å²) in [7, 11) is 0. The number of fused-ring (bicyclic) bond motifs is 6. The molecule has 39 heavy (non-hydrogen) atoms. The summed E-state index contributed by atoms with van der Waals surface area (Å²) in [5, 5.41) is 0. The lowest BCUT2D eigenvalue weighted by atomic mass is 9.91. The van der Waals surface area contributed by atoms with Crippen LogP contribution < -0.4 is 0 Å². The van der Waals surface area contributed by atoms with Gasteiger partial charge in [0.15, 0.2) is 0 Å². The highest BCUT2D eigenvalue weighted by molar-refractivity contribution is 5.87. The molecule has 0 amide bonds. The quantitative estimate of drug-likeness (QED) is 0.244. The van der Waals surface area contributed by atoms with Gasteiger partial charge in [-0.2, -0.15) is 0 Å². The summed E-state index contributed by atoms with van der Waals surface area (Å²) in [5.41, 5.74) is 13.5. The van der Waals surface area contributed by atoms with Crippen LogP contribution in [0.25, 0.3) is 28.1 Å². The largest absolute Gasteiger partial charge is 0.292 e. The molecule has 0 aliphatic heterocycles. The molecule has 1 aromatic heterocycles. The molecule has 6 rings (SSSR count). The van der Waals surface area contributed by atoms with Crippen molar-refractivity contribution in [2.75, 3.05) is 0 Å². The third-order valence-electron chi connectivity index (χ3n) is 8.38. The predicted octanol–water partition coefficient (Wildman–Crippen LogP) is 11.4. The molecule has 3 unspecified atom stereocenters. The van der Waals surface area contributed by atoms with E-state index in [2.05, 4.69) is 101 Å². The Hall–Kier alpha value is -3.13. The van der Waals surface area contributed by atoms with Crippen molar-refractivity contribution in [2.24, 2.45) is 0 Å². The molecule has 3 atom stereocenters. The number of hydrogen-bond acceptors (Lipinski definition) is 1. The topological polar surface area (TPSA) is 17.8 Å². The molecule has 2 heteroatoms. The monoisotopic (exact) mass is 522 g/mol. The van der Waals surface area contributed by atoms with Crippen molar-refractivity contribution in [3.8, 4) is 17.1 Å². The summed E-state index contributed by atoms with van der Waals surface area (Å²) < 4.78 is 2.48. The maximum absolute atomic E-state index is 5.37. The molecule has 1 saturated carbocycles. The number of benzene rings is 3. The zero-order valence-corrected chi connectivity index (χ0v) is 26.0. The molecule has 3 aromatic carbocycles. The lowest BCUT2D eigenvalue weighted by molar-refractivity contribution is 0.718. The molecule has 0 spiro atoms. The van der Waals surface area contributed by atoms with E-state index in [1.54, 1.807) is 11.1 Å². The predicted molar refractivity (Wildman–Crippen MR) is 173 cm³/mol. The van der Waals surface area contributed by atoms with Crippen LogP contribution in [0.2, 0.25) is 0 Å². The lowest BCUT2D eigenvalue weighted by Gasteiger charge is -2.20. The summed E-state index contributed by atoms with van der Waals surface area (Å²) in [6.07, 6.45) is 5.17. The van der Waals surface area contributed by atoms with Crippen LogP contribution in [-0.2, 0) is 0 Å². The Morgan fingerprint density at radius 1 is 0.872 bits per heavy atom. The van der Waals surface area contributed by atoms with Crippen LogP contribution in [0.3, 0.4) is 0 Å². The fraction of sp³-hybridized carbons (Fsp3) is 0.432. The Morgan fingerprint density at radius 2 is 1.44 bits per heavy atom. The zero-order valence-electron chi connectivity index (χ0n) is 26.0. The van der Waals surface area contributed by atoms with Gasteiger partial charge in [0.05, 0.1) is 16.7 Å². The molecular formula is C37H50N2. The van der Waals surface area contributed by atoms with Crippen LogP contribution in [0, 0.1) is 20.8 Å². The fourth-order valence-electron chi connectivity index (χ4n) is 6.69. The maximum Gasteiger partial charge on any atom is 0.146 e. The molecule has 4 aromatic rings. The fourth-order valence-corrected chi connectivity index (χ4v) is 6.69. The number of aromatic nitrogens is 2. The normalized spacial score (nSPS) is 17.3. The van der Waals surface area contributed by atoms with Gasteiger partial charge in [0.2, 0.25) is 0 Å². The van der Waals surface area contributed by atoms with E-state index in [4.69, 9.17) is 4.98 Å². The van der Waals surface area contributed by atoms with Crippen molar-refractivity contribution in [2.45, 2.75) is 106 Å². The van der Waals surface area contributed by atoms with Gasteiger partial charge >= 0.3 is 0 Å². The first kappa shape index (κ1) is 30.4. The minimum absolute atomic E-state index is 0.496. The Balaban J connectivity index is 0.000000657. The second-order valence-electron chi connectivity index (χ2n) is 10.6. The third kappa shape index (κ3) is 5.49. The van der Waals surface area contributed by atoms with Gasteiger partial charge in [-0.3, -0.25) is 4.57 Å². The van der Waals surface area contributed by atoms with Gasteiger partial charge in [-0.15, -0.1) is 13.2 Å². The molecule has 208 valence electrons. The van der Waals surface area contributed by atoms with Gasteiger partial charge in [0.1, 0.15) is 5.82 Å². The van der Waals surface area contributed by atoms with E-state index >= 15 is 0 Å². The smallest absolute Gasteiger partial charge is 0.146 e. The average molecular weight is 523 g/mol. The van der Waals surface area contributed by atoms with Crippen molar-refractivity contribution in [1.29, 1.82) is 0 Å². The summed E-state index contributed by atoms with van der Waals surface area (Å²) in [6, 6.07) is 18.5. The highest BCUT2D eigenvalue weighted by atomic mass is 15.1. The van der Waals surface area contributed by atoms with Gasteiger partial charge in [-0.25, -0.2) is 4.98 Å². The SMILES string of the molecule is C=C.CC.CC.CCC(C)c1ccccc1-c1nc2cc3c(cc2n1-c1c(C)cc(C)cc1C)C1CCC3C1. The van der Waals surface area contributed by atoms with Crippen LogP contribution in [0.4, 0.5) is 0 Å². The van der Waals surface area contributed by atoms with Gasteiger partial charge < -0.3 is 0 Å². The van der Waals surface area contributed by atoms with Crippen molar-refractivity contribution >= 4 is 11.0 Å².